The Kier molecular flexibility index (Phi) is 2.22. The predicted molar refractivity (Wildman–Crippen MR) is 54.1 cm³/mol. The average Bonchev–Trinajstić information content (AvgIpc) is 2.60. The van der Waals surface area contributed by atoms with Crippen LogP contribution in [0.5, 0.6) is 0 Å². The smallest absolute Gasteiger partial charge is 0.156 e. The Morgan fingerprint density at radius 1 is 1.62 bits per heavy atom. The summed E-state index contributed by atoms with van der Waals surface area (Å²) in [6.07, 6.45) is 0.707. The van der Waals surface area contributed by atoms with Crippen LogP contribution in [0.4, 0.5) is 0 Å². The zero-order valence-corrected chi connectivity index (χ0v) is 8.73. The van der Waals surface area contributed by atoms with Gasteiger partial charge in [-0.25, -0.2) is 0 Å². The van der Waals surface area contributed by atoms with E-state index >= 15 is 0 Å². The second-order valence-electron chi connectivity index (χ2n) is 3.57. The van der Waals surface area contributed by atoms with Gasteiger partial charge in [-0.05, 0) is 31.0 Å². The number of likely N-dealkylation sites (tertiary alicyclic amines) is 1. The van der Waals surface area contributed by atoms with Crippen LogP contribution in [0.2, 0.25) is 0 Å². The van der Waals surface area contributed by atoms with Crippen LogP contribution in [-0.2, 0) is 4.79 Å². The molecule has 1 aliphatic heterocycles. The number of Topliss-reactive ketones (excluding diaryl/α,β-unsaturated/α-hetero) is 1. The maximum atomic E-state index is 11.6. The van der Waals surface area contributed by atoms with E-state index in [9.17, 15) is 4.79 Å². The summed E-state index contributed by atoms with van der Waals surface area (Å²) in [6, 6.07) is 2.12. The zero-order chi connectivity index (χ0) is 9.42. The lowest BCUT2D eigenvalue weighted by Crippen LogP contribution is -2.20. The number of hydrogen-bond acceptors (Lipinski definition) is 3. The Morgan fingerprint density at radius 2 is 2.38 bits per heavy atom. The molecular weight excluding hydrogens is 182 g/mol. The van der Waals surface area contributed by atoms with Gasteiger partial charge in [-0.15, -0.1) is 11.3 Å². The monoisotopic (exact) mass is 195 g/mol. The van der Waals surface area contributed by atoms with Crippen LogP contribution in [-0.4, -0.2) is 24.3 Å². The molecule has 1 aliphatic rings. The Balaban J connectivity index is 2.35. The van der Waals surface area contributed by atoms with E-state index in [1.807, 2.05) is 7.05 Å². The Hall–Kier alpha value is -0.670. The van der Waals surface area contributed by atoms with Gasteiger partial charge in [-0.3, -0.25) is 9.69 Å². The molecule has 0 aliphatic carbocycles. The summed E-state index contributed by atoms with van der Waals surface area (Å²) in [4.78, 5) is 15.0. The van der Waals surface area contributed by atoms with Crippen molar-refractivity contribution >= 4 is 17.1 Å². The minimum Gasteiger partial charge on any atom is -0.297 e. The highest BCUT2D eigenvalue weighted by Crippen LogP contribution is 2.32. The van der Waals surface area contributed by atoms with Gasteiger partial charge >= 0.3 is 0 Å². The minimum atomic E-state index is 0.0417. The zero-order valence-electron chi connectivity index (χ0n) is 7.91. The highest BCUT2D eigenvalue weighted by atomic mass is 32.1. The fourth-order valence-electron chi connectivity index (χ4n) is 1.81. The molecule has 0 saturated carbocycles. The van der Waals surface area contributed by atoms with Gasteiger partial charge in [0.1, 0.15) is 6.04 Å². The van der Waals surface area contributed by atoms with Crippen molar-refractivity contribution in [2.45, 2.75) is 19.4 Å². The molecular formula is C10H13NOS. The number of aryl methyl sites for hydroxylation is 1. The quantitative estimate of drug-likeness (QED) is 0.683. The molecule has 2 heterocycles. The van der Waals surface area contributed by atoms with Crippen molar-refractivity contribution < 1.29 is 4.79 Å². The minimum absolute atomic E-state index is 0.0417. The number of carbonyl (C=O) groups is 1. The third-order valence-corrected chi connectivity index (χ3v) is 3.68. The number of hydrogen-bond donors (Lipinski definition) is 0. The molecule has 70 valence electrons. The van der Waals surface area contributed by atoms with Gasteiger partial charge in [0.15, 0.2) is 5.78 Å². The van der Waals surface area contributed by atoms with Crippen LogP contribution in [0.3, 0.4) is 0 Å². The number of nitrogens with zero attached hydrogens (tertiary/aromatic N) is 1. The molecule has 0 spiro atoms. The fraction of sp³-hybridized carbons (Fsp3) is 0.500. The summed E-state index contributed by atoms with van der Waals surface area (Å²) in [6.45, 7) is 2.98. The molecule has 1 saturated heterocycles. The SMILES string of the molecule is Cc1ccsc1C1C(=O)CCN1C. The van der Waals surface area contributed by atoms with Crippen molar-refractivity contribution in [1.29, 1.82) is 0 Å². The topological polar surface area (TPSA) is 20.3 Å². The molecule has 1 fully saturated rings. The van der Waals surface area contributed by atoms with E-state index in [1.54, 1.807) is 11.3 Å². The Bertz CT molecular complexity index is 331. The van der Waals surface area contributed by atoms with Crippen molar-refractivity contribution in [1.82, 2.24) is 4.90 Å². The summed E-state index contributed by atoms with van der Waals surface area (Å²) >= 11 is 1.69. The van der Waals surface area contributed by atoms with Gasteiger partial charge in [0.05, 0.1) is 0 Å². The third-order valence-electron chi connectivity index (χ3n) is 2.61. The van der Waals surface area contributed by atoms with Crippen molar-refractivity contribution in [3.05, 3.63) is 21.9 Å². The second kappa shape index (κ2) is 3.24. The first-order valence-corrected chi connectivity index (χ1v) is 5.35. The number of ketones is 1. The van der Waals surface area contributed by atoms with Gasteiger partial charge in [-0.2, -0.15) is 0 Å². The normalized spacial score (nSPS) is 24.2. The summed E-state index contributed by atoms with van der Waals surface area (Å²) in [5, 5.41) is 2.06. The molecule has 13 heavy (non-hydrogen) atoms. The van der Waals surface area contributed by atoms with Crippen LogP contribution in [0, 0.1) is 6.92 Å². The molecule has 1 unspecified atom stereocenters. The van der Waals surface area contributed by atoms with E-state index in [1.165, 1.54) is 10.4 Å². The lowest BCUT2D eigenvalue weighted by atomic mass is 10.1. The maximum absolute atomic E-state index is 11.6. The van der Waals surface area contributed by atoms with E-state index in [0.29, 0.717) is 12.2 Å². The number of thiophene rings is 1. The lowest BCUT2D eigenvalue weighted by Gasteiger charge is -2.17. The Labute approximate surface area is 82.2 Å². The highest BCUT2D eigenvalue weighted by Gasteiger charge is 2.32. The molecule has 1 aromatic heterocycles. The van der Waals surface area contributed by atoms with Gasteiger partial charge in [0.25, 0.3) is 0 Å². The van der Waals surface area contributed by atoms with Crippen molar-refractivity contribution in [2.75, 3.05) is 13.6 Å². The molecule has 1 aromatic rings. The molecule has 0 bridgehead atoms. The molecule has 0 aromatic carbocycles. The van der Waals surface area contributed by atoms with Gasteiger partial charge in [0, 0.05) is 17.8 Å². The standard InChI is InChI=1S/C10H13NOS/c1-7-4-6-13-10(7)9-8(12)3-5-11(9)2/h4,6,9H,3,5H2,1-2H3. The van der Waals surface area contributed by atoms with Gasteiger partial charge in [-0.1, -0.05) is 0 Å². The van der Waals surface area contributed by atoms with E-state index in [0.717, 1.165) is 6.54 Å². The first kappa shape index (κ1) is 8.91. The van der Waals surface area contributed by atoms with Crippen LogP contribution in [0.25, 0.3) is 0 Å². The fourth-order valence-corrected chi connectivity index (χ4v) is 2.92. The molecule has 2 rings (SSSR count). The number of likely N-dealkylation sites (N-methyl/N-ethyl adjacent to an activating group) is 1. The first-order valence-electron chi connectivity index (χ1n) is 4.47. The van der Waals surface area contributed by atoms with E-state index < -0.39 is 0 Å². The number of rotatable bonds is 1. The summed E-state index contributed by atoms with van der Waals surface area (Å²) in [7, 11) is 2.02. The second-order valence-corrected chi connectivity index (χ2v) is 4.52. The van der Waals surface area contributed by atoms with Crippen molar-refractivity contribution in [3.8, 4) is 0 Å². The van der Waals surface area contributed by atoms with E-state index in [2.05, 4.69) is 23.3 Å². The third kappa shape index (κ3) is 1.42. The van der Waals surface area contributed by atoms with Crippen LogP contribution >= 0.6 is 11.3 Å². The Morgan fingerprint density at radius 3 is 2.85 bits per heavy atom. The molecule has 2 nitrogen and oxygen atoms in total. The summed E-state index contributed by atoms with van der Waals surface area (Å²) < 4.78 is 0. The highest BCUT2D eigenvalue weighted by molar-refractivity contribution is 7.10. The van der Waals surface area contributed by atoms with Crippen LogP contribution in [0.1, 0.15) is 22.9 Å². The maximum Gasteiger partial charge on any atom is 0.156 e. The van der Waals surface area contributed by atoms with Crippen molar-refractivity contribution in [2.24, 2.45) is 0 Å². The van der Waals surface area contributed by atoms with Crippen molar-refractivity contribution in [3.63, 3.8) is 0 Å². The van der Waals surface area contributed by atoms with Gasteiger partial charge < -0.3 is 0 Å². The molecule has 1 atom stereocenters. The summed E-state index contributed by atoms with van der Waals surface area (Å²) in [5.74, 6) is 0.369. The molecule has 0 amide bonds. The van der Waals surface area contributed by atoms with Gasteiger partial charge in [0.2, 0.25) is 0 Å². The van der Waals surface area contributed by atoms with Crippen LogP contribution in [0.15, 0.2) is 11.4 Å². The molecule has 0 radical (unpaired) electrons. The molecule has 0 N–H and O–H groups in total. The largest absolute Gasteiger partial charge is 0.297 e. The van der Waals surface area contributed by atoms with Crippen LogP contribution < -0.4 is 0 Å². The molecule has 3 heteroatoms. The number of carbonyl (C=O) groups excluding carboxylic acids is 1. The predicted octanol–water partition coefficient (Wildman–Crippen LogP) is 2.00. The summed E-state index contributed by atoms with van der Waals surface area (Å²) in [5.41, 5.74) is 1.25. The lowest BCUT2D eigenvalue weighted by molar-refractivity contribution is -0.119. The average molecular weight is 195 g/mol. The first-order chi connectivity index (χ1) is 6.20. The van der Waals surface area contributed by atoms with E-state index in [-0.39, 0.29) is 6.04 Å². The van der Waals surface area contributed by atoms with E-state index in [4.69, 9.17) is 0 Å².